The van der Waals surface area contributed by atoms with E-state index < -0.39 is 0 Å². The summed E-state index contributed by atoms with van der Waals surface area (Å²) < 4.78 is 5.16. The summed E-state index contributed by atoms with van der Waals surface area (Å²) in [5.74, 6) is 0.898. The smallest absolute Gasteiger partial charge is 0.144 e. The van der Waals surface area contributed by atoms with Crippen molar-refractivity contribution in [1.29, 1.82) is 0 Å². The van der Waals surface area contributed by atoms with Crippen molar-refractivity contribution in [1.82, 2.24) is 0 Å². The minimum atomic E-state index is 0.898. The topological polar surface area (TPSA) is 13.1 Å². The highest BCUT2D eigenvalue weighted by atomic mass is 32.1. The molecule has 1 nitrogen and oxygen atoms in total. The van der Waals surface area contributed by atoms with Crippen LogP contribution in [-0.4, -0.2) is 0 Å². The first-order valence-electron chi connectivity index (χ1n) is 2.96. The monoisotopic (exact) mass is 149 g/mol. The van der Waals surface area contributed by atoms with Crippen molar-refractivity contribution in [3.8, 4) is 10.6 Å². The first-order valence-corrected chi connectivity index (χ1v) is 3.84. The van der Waals surface area contributed by atoms with Gasteiger partial charge in [-0.25, -0.2) is 0 Å². The van der Waals surface area contributed by atoms with Crippen molar-refractivity contribution in [2.45, 2.75) is 0 Å². The number of thiophene rings is 1. The minimum absolute atomic E-state index is 0.898. The third-order valence-corrected chi connectivity index (χ3v) is 2.04. The number of hydrogen-bond donors (Lipinski definition) is 0. The molecule has 2 aromatic heterocycles. The van der Waals surface area contributed by atoms with Crippen molar-refractivity contribution in [3.63, 3.8) is 0 Å². The van der Waals surface area contributed by atoms with Crippen LogP contribution >= 0.6 is 11.3 Å². The quantitative estimate of drug-likeness (QED) is 0.607. The fourth-order valence-corrected chi connectivity index (χ4v) is 1.42. The van der Waals surface area contributed by atoms with Crippen LogP contribution in [0, 0.1) is 6.07 Å². The summed E-state index contributed by atoms with van der Waals surface area (Å²) in [5.41, 5.74) is 0. The van der Waals surface area contributed by atoms with E-state index in [9.17, 15) is 0 Å². The first kappa shape index (κ1) is 5.74. The van der Waals surface area contributed by atoms with Crippen LogP contribution in [0.2, 0.25) is 0 Å². The van der Waals surface area contributed by atoms with Gasteiger partial charge in [-0.15, -0.1) is 11.3 Å². The maximum Gasteiger partial charge on any atom is 0.144 e. The summed E-state index contributed by atoms with van der Waals surface area (Å²) in [6.45, 7) is 0. The van der Waals surface area contributed by atoms with Gasteiger partial charge in [0.15, 0.2) is 0 Å². The van der Waals surface area contributed by atoms with Crippen LogP contribution in [0.3, 0.4) is 0 Å². The molecule has 0 aliphatic heterocycles. The van der Waals surface area contributed by atoms with E-state index in [1.54, 1.807) is 17.6 Å². The molecule has 0 bridgehead atoms. The lowest BCUT2D eigenvalue weighted by Gasteiger charge is -1.84. The Bertz CT molecular complexity index is 249. The van der Waals surface area contributed by atoms with Crippen molar-refractivity contribution in [2.75, 3.05) is 0 Å². The van der Waals surface area contributed by atoms with Gasteiger partial charge in [0.05, 0.1) is 11.1 Å². The van der Waals surface area contributed by atoms with E-state index in [-0.39, 0.29) is 0 Å². The molecule has 0 spiro atoms. The minimum Gasteiger partial charge on any atom is -0.463 e. The number of furan rings is 1. The molecule has 0 fully saturated rings. The molecule has 49 valence electrons. The molecule has 0 aromatic carbocycles. The van der Waals surface area contributed by atoms with Gasteiger partial charge in [0, 0.05) is 6.07 Å². The fourth-order valence-electron chi connectivity index (χ4n) is 0.783. The Morgan fingerprint density at radius 1 is 1.50 bits per heavy atom. The lowest BCUT2D eigenvalue weighted by Crippen LogP contribution is -1.59. The van der Waals surface area contributed by atoms with Crippen molar-refractivity contribution in [3.05, 3.63) is 35.9 Å². The molecule has 2 heterocycles. The van der Waals surface area contributed by atoms with Crippen LogP contribution in [0.25, 0.3) is 10.6 Å². The van der Waals surface area contributed by atoms with E-state index in [0.717, 1.165) is 10.6 Å². The van der Waals surface area contributed by atoms with Gasteiger partial charge in [-0.1, -0.05) is 0 Å². The number of hydrogen-bond acceptors (Lipinski definition) is 2. The highest BCUT2D eigenvalue weighted by molar-refractivity contribution is 7.13. The predicted octanol–water partition coefficient (Wildman–Crippen LogP) is 2.81. The third-order valence-electron chi connectivity index (χ3n) is 1.21. The Morgan fingerprint density at radius 2 is 2.50 bits per heavy atom. The van der Waals surface area contributed by atoms with Gasteiger partial charge in [0.25, 0.3) is 0 Å². The zero-order valence-electron chi connectivity index (χ0n) is 5.20. The molecular formula is C8H5OS. The van der Waals surface area contributed by atoms with Gasteiger partial charge in [0.2, 0.25) is 0 Å². The summed E-state index contributed by atoms with van der Waals surface area (Å²) in [4.78, 5) is 1.06. The maximum absolute atomic E-state index is 5.16. The molecule has 2 heteroatoms. The van der Waals surface area contributed by atoms with Crippen LogP contribution in [0.5, 0.6) is 0 Å². The van der Waals surface area contributed by atoms with Gasteiger partial charge >= 0.3 is 0 Å². The summed E-state index contributed by atoms with van der Waals surface area (Å²) in [7, 11) is 0. The van der Waals surface area contributed by atoms with E-state index >= 15 is 0 Å². The maximum atomic E-state index is 5.16. The fraction of sp³-hybridized carbons (Fsp3) is 0. The number of rotatable bonds is 1. The molecule has 0 atom stereocenters. The van der Waals surface area contributed by atoms with Crippen LogP contribution in [0.1, 0.15) is 0 Å². The lowest BCUT2D eigenvalue weighted by atomic mass is 10.4. The largest absolute Gasteiger partial charge is 0.463 e. The normalized spacial score (nSPS) is 10.0. The van der Waals surface area contributed by atoms with E-state index in [4.69, 9.17) is 4.42 Å². The highest BCUT2D eigenvalue weighted by Gasteiger charge is 1.98. The summed E-state index contributed by atoms with van der Waals surface area (Å²) in [5, 5.41) is 1.98. The Hall–Kier alpha value is -1.02. The lowest BCUT2D eigenvalue weighted by molar-refractivity contribution is 0.583. The molecule has 2 aromatic rings. The molecule has 0 saturated carbocycles. The van der Waals surface area contributed by atoms with Gasteiger partial charge < -0.3 is 4.42 Å². The predicted molar refractivity (Wildman–Crippen MR) is 40.9 cm³/mol. The molecule has 0 saturated heterocycles. The second kappa shape index (κ2) is 2.31. The van der Waals surface area contributed by atoms with Crippen molar-refractivity contribution in [2.24, 2.45) is 0 Å². The SMILES string of the molecule is [c]1ccsc1-c1ccco1. The Kier molecular flexibility index (Phi) is 1.32. The van der Waals surface area contributed by atoms with Gasteiger partial charge in [-0.2, -0.15) is 0 Å². The van der Waals surface area contributed by atoms with Crippen molar-refractivity contribution < 1.29 is 4.42 Å². The van der Waals surface area contributed by atoms with E-state index in [1.807, 2.05) is 23.6 Å². The molecule has 0 aliphatic carbocycles. The molecule has 1 radical (unpaired) electrons. The molecule has 10 heavy (non-hydrogen) atoms. The highest BCUT2D eigenvalue weighted by Crippen LogP contribution is 2.23. The second-order valence-electron chi connectivity index (χ2n) is 1.87. The third kappa shape index (κ3) is 0.866. The van der Waals surface area contributed by atoms with Crippen LogP contribution in [0.4, 0.5) is 0 Å². The van der Waals surface area contributed by atoms with Gasteiger partial charge in [-0.3, -0.25) is 0 Å². The molecule has 2 rings (SSSR count). The molecule has 0 amide bonds. The van der Waals surface area contributed by atoms with Crippen LogP contribution in [0.15, 0.2) is 34.3 Å². The van der Waals surface area contributed by atoms with Crippen LogP contribution in [-0.2, 0) is 0 Å². The Morgan fingerprint density at radius 3 is 3.10 bits per heavy atom. The van der Waals surface area contributed by atoms with E-state index in [2.05, 4.69) is 6.07 Å². The van der Waals surface area contributed by atoms with Crippen molar-refractivity contribution >= 4 is 11.3 Å². The van der Waals surface area contributed by atoms with E-state index in [1.165, 1.54) is 0 Å². The van der Waals surface area contributed by atoms with Gasteiger partial charge in [0.1, 0.15) is 5.76 Å². The Balaban J connectivity index is 2.48. The standard InChI is InChI=1S/C8H5OS/c1-3-7(9-5-1)8-4-2-6-10-8/h1-3,5-6H. The van der Waals surface area contributed by atoms with Gasteiger partial charge in [-0.05, 0) is 23.6 Å². The first-order chi connectivity index (χ1) is 4.97. The summed E-state index contributed by atoms with van der Waals surface area (Å²) in [6.07, 6.45) is 1.67. The average Bonchev–Trinajstić information content (AvgIpc) is 2.59. The molecule has 0 N–H and O–H groups in total. The molecule has 0 aliphatic rings. The average molecular weight is 149 g/mol. The molecule has 0 unspecified atom stereocenters. The second-order valence-corrected chi connectivity index (χ2v) is 2.79. The summed E-state index contributed by atoms with van der Waals surface area (Å²) in [6, 6.07) is 8.77. The summed E-state index contributed by atoms with van der Waals surface area (Å²) >= 11 is 1.63. The Labute approximate surface area is 62.9 Å². The van der Waals surface area contributed by atoms with E-state index in [0.29, 0.717) is 0 Å². The zero-order valence-corrected chi connectivity index (χ0v) is 6.02. The zero-order chi connectivity index (χ0) is 6.81. The molecular weight excluding hydrogens is 144 g/mol. The van der Waals surface area contributed by atoms with Crippen LogP contribution < -0.4 is 0 Å².